The predicted molar refractivity (Wildman–Crippen MR) is 94.9 cm³/mol. The van der Waals surface area contributed by atoms with Crippen LogP contribution in [0.3, 0.4) is 0 Å². The van der Waals surface area contributed by atoms with Crippen LogP contribution in [0.1, 0.15) is 42.0 Å². The van der Waals surface area contributed by atoms with Gasteiger partial charge < -0.3 is 19.5 Å². The fourth-order valence-electron chi connectivity index (χ4n) is 4.74. The van der Waals surface area contributed by atoms with Crippen molar-refractivity contribution in [3.8, 4) is 0 Å². The van der Waals surface area contributed by atoms with Crippen LogP contribution in [0, 0.1) is 18.8 Å². The van der Waals surface area contributed by atoms with Crippen LogP contribution in [0.15, 0.2) is 16.5 Å². The standard InChI is InChI=1S/C18H26N2O3.CH2O2/c1-12-4-5-17(23-12)18(22)20-10-13-8-15(19-6-2-3-7-19)16(21)9-14(13)11-20;2-1-3/h4-5,13-16,21H,2-3,6-11H2,1H3;1H,(H,2,3)/t13-,14+,15-,16-;/m1./s1. The zero-order valence-electron chi connectivity index (χ0n) is 15.2. The van der Waals surface area contributed by atoms with E-state index in [9.17, 15) is 9.90 Å². The van der Waals surface area contributed by atoms with Gasteiger partial charge in [0.05, 0.1) is 6.10 Å². The van der Waals surface area contributed by atoms with E-state index in [0.29, 0.717) is 23.6 Å². The Balaban J connectivity index is 0.000000613. The van der Waals surface area contributed by atoms with Gasteiger partial charge in [0.25, 0.3) is 12.4 Å². The van der Waals surface area contributed by atoms with E-state index in [2.05, 4.69) is 4.90 Å². The lowest BCUT2D eigenvalue weighted by molar-refractivity contribution is -0.122. The molecule has 7 nitrogen and oxygen atoms in total. The van der Waals surface area contributed by atoms with Crippen LogP contribution < -0.4 is 0 Å². The molecular weight excluding hydrogens is 336 g/mol. The van der Waals surface area contributed by atoms with Crippen molar-refractivity contribution in [2.75, 3.05) is 26.2 Å². The van der Waals surface area contributed by atoms with E-state index in [4.69, 9.17) is 14.3 Å². The molecule has 1 aromatic rings. The SMILES string of the molecule is Cc1ccc(C(=O)N2C[C@H]3C[C@@H](N4CCCC4)[C@H](O)C[C@H]3C2)o1.O=CO. The minimum atomic E-state index is -0.250. The number of rotatable bonds is 2. The van der Waals surface area contributed by atoms with Gasteiger partial charge >= 0.3 is 0 Å². The molecule has 144 valence electrons. The number of hydrogen-bond donors (Lipinski definition) is 2. The Morgan fingerprint density at radius 1 is 1.19 bits per heavy atom. The topological polar surface area (TPSA) is 94.2 Å². The Morgan fingerprint density at radius 3 is 2.38 bits per heavy atom. The molecule has 0 radical (unpaired) electrons. The molecule has 1 amide bonds. The minimum absolute atomic E-state index is 0.000266. The van der Waals surface area contributed by atoms with Gasteiger partial charge in [-0.2, -0.15) is 0 Å². The van der Waals surface area contributed by atoms with Crippen LogP contribution in [0.2, 0.25) is 0 Å². The molecular formula is C19H28N2O5. The number of nitrogens with zero attached hydrogens (tertiary/aromatic N) is 2. The van der Waals surface area contributed by atoms with Crippen LogP contribution in [-0.2, 0) is 4.79 Å². The fourth-order valence-corrected chi connectivity index (χ4v) is 4.74. The van der Waals surface area contributed by atoms with Crippen LogP contribution in [0.25, 0.3) is 0 Å². The number of amides is 1. The highest BCUT2D eigenvalue weighted by molar-refractivity contribution is 5.91. The highest BCUT2D eigenvalue weighted by Gasteiger charge is 2.45. The Labute approximate surface area is 153 Å². The number of fused-ring (bicyclic) bond motifs is 1. The van der Waals surface area contributed by atoms with Gasteiger partial charge in [-0.3, -0.25) is 14.5 Å². The predicted octanol–water partition coefficient (Wildman–Crippen LogP) is 1.60. The number of aryl methyl sites for hydroxylation is 1. The molecule has 2 saturated heterocycles. The second-order valence-corrected chi connectivity index (χ2v) is 7.60. The summed E-state index contributed by atoms with van der Waals surface area (Å²) in [4.78, 5) is 25.3. The van der Waals surface area contributed by atoms with Gasteiger partial charge in [0.1, 0.15) is 5.76 Å². The molecule has 4 rings (SSSR count). The molecule has 3 aliphatic rings. The zero-order valence-corrected chi connectivity index (χ0v) is 15.2. The summed E-state index contributed by atoms with van der Waals surface area (Å²) in [5.74, 6) is 2.17. The van der Waals surface area contributed by atoms with E-state index in [1.807, 2.05) is 17.9 Å². The van der Waals surface area contributed by atoms with Crippen molar-refractivity contribution in [1.29, 1.82) is 0 Å². The highest BCUT2D eigenvalue weighted by Crippen LogP contribution is 2.39. The minimum Gasteiger partial charge on any atom is -0.483 e. The third-order valence-electron chi connectivity index (χ3n) is 5.96. The lowest BCUT2D eigenvalue weighted by Crippen LogP contribution is -2.48. The molecule has 1 aliphatic carbocycles. The molecule has 0 unspecified atom stereocenters. The zero-order chi connectivity index (χ0) is 18.7. The number of carbonyl (C=O) groups is 2. The number of furan rings is 1. The van der Waals surface area contributed by atoms with Crippen LogP contribution >= 0.6 is 0 Å². The van der Waals surface area contributed by atoms with E-state index >= 15 is 0 Å². The highest BCUT2D eigenvalue weighted by atomic mass is 16.4. The van der Waals surface area contributed by atoms with Crippen molar-refractivity contribution in [3.63, 3.8) is 0 Å². The molecule has 1 aromatic heterocycles. The summed E-state index contributed by atoms with van der Waals surface area (Å²) < 4.78 is 5.49. The Bertz CT molecular complexity index is 625. The van der Waals surface area contributed by atoms with Gasteiger partial charge in [0, 0.05) is 19.1 Å². The van der Waals surface area contributed by atoms with Gasteiger partial charge in [0.2, 0.25) is 0 Å². The molecule has 26 heavy (non-hydrogen) atoms. The molecule has 3 fully saturated rings. The molecule has 0 aromatic carbocycles. The second kappa shape index (κ2) is 8.22. The molecule has 2 N–H and O–H groups in total. The van der Waals surface area contributed by atoms with Crippen molar-refractivity contribution in [2.45, 2.75) is 44.8 Å². The van der Waals surface area contributed by atoms with E-state index in [0.717, 1.165) is 44.8 Å². The van der Waals surface area contributed by atoms with Crippen LogP contribution in [-0.4, -0.2) is 70.7 Å². The van der Waals surface area contributed by atoms with Crippen molar-refractivity contribution < 1.29 is 24.2 Å². The third kappa shape index (κ3) is 3.94. The van der Waals surface area contributed by atoms with E-state index < -0.39 is 0 Å². The largest absolute Gasteiger partial charge is 0.483 e. The lowest BCUT2D eigenvalue weighted by atomic mass is 9.77. The monoisotopic (exact) mass is 364 g/mol. The summed E-state index contributed by atoms with van der Waals surface area (Å²) in [6.45, 7) is 5.41. The van der Waals surface area contributed by atoms with Crippen LogP contribution in [0.4, 0.5) is 0 Å². The summed E-state index contributed by atoms with van der Waals surface area (Å²) in [5, 5.41) is 17.4. The van der Waals surface area contributed by atoms with Crippen molar-refractivity contribution >= 4 is 12.4 Å². The average Bonchev–Trinajstić information content (AvgIpc) is 3.34. The first kappa shape index (κ1) is 18.9. The number of aliphatic hydroxyl groups excluding tert-OH is 1. The lowest BCUT2D eigenvalue weighted by Gasteiger charge is -2.40. The van der Waals surface area contributed by atoms with Gasteiger partial charge in [-0.15, -0.1) is 0 Å². The first-order valence-electron chi connectivity index (χ1n) is 9.39. The Kier molecular flexibility index (Phi) is 5.98. The fraction of sp³-hybridized carbons (Fsp3) is 0.684. The van der Waals surface area contributed by atoms with Crippen molar-refractivity contribution in [2.24, 2.45) is 11.8 Å². The first-order valence-corrected chi connectivity index (χ1v) is 9.39. The quantitative estimate of drug-likeness (QED) is 0.774. The Morgan fingerprint density at radius 2 is 1.81 bits per heavy atom. The van der Waals surface area contributed by atoms with E-state index in [1.165, 1.54) is 12.8 Å². The molecule has 4 atom stereocenters. The van der Waals surface area contributed by atoms with Gasteiger partial charge in [-0.1, -0.05) is 0 Å². The molecule has 2 aliphatic heterocycles. The van der Waals surface area contributed by atoms with E-state index in [1.54, 1.807) is 6.07 Å². The molecule has 1 saturated carbocycles. The summed E-state index contributed by atoms with van der Waals surface area (Å²) in [6, 6.07) is 3.89. The molecule has 0 spiro atoms. The number of carbonyl (C=O) groups excluding carboxylic acids is 1. The van der Waals surface area contributed by atoms with E-state index in [-0.39, 0.29) is 18.5 Å². The smallest absolute Gasteiger partial charge is 0.290 e. The van der Waals surface area contributed by atoms with Crippen molar-refractivity contribution in [3.05, 3.63) is 23.7 Å². The van der Waals surface area contributed by atoms with Crippen molar-refractivity contribution in [1.82, 2.24) is 9.80 Å². The second-order valence-electron chi connectivity index (χ2n) is 7.60. The number of carboxylic acid groups (broad SMARTS) is 1. The van der Waals surface area contributed by atoms with Gasteiger partial charge in [-0.25, -0.2) is 0 Å². The molecule has 3 heterocycles. The summed E-state index contributed by atoms with van der Waals surface area (Å²) in [5.41, 5.74) is 0. The average molecular weight is 364 g/mol. The molecule has 0 bridgehead atoms. The summed E-state index contributed by atoms with van der Waals surface area (Å²) >= 11 is 0. The van der Waals surface area contributed by atoms with Gasteiger partial charge in [-0.05, 0) is 69.7 Å². The number of aliphatic hydroxyl groups is 1. The maximum absolute atomic E-state index is 12.6. The molecule has 7 heteroatoms. The number of likely N-dealkylation sites (tertiary alicyclic amines) is 2. The summed E-state index contributed by atoms with van der Waals surface area (Å²) in [6.07, 6.45) is 4.11. The Hall–Kier alpha value is -1.86. The number of hydrogen-bond acceptors (Lipinski definition) is 5. The third-order valence-corrected chi connectivity index (χ3v) is 5.96. The maximum Gasteiger partial charge on any atom is 0.290 e. The van der Waals surface area contributed by atoms with Gasteiger partial charge in [0.15, 0.2) is 5.76 Å². The maximum atomic E-state index is 12.6. The van der Waals surface area contributed by atoms with Crippen LogP contribution in [0.5, 0.6) is 0 Å². The summed E-state index contributed by atoms with van der Waals surface area (Å²) in [7, 11) is 0. The first-order chi connectivity index (χ1) is 12.5. The normalized spacial score (nSPS) is 31.2.